The average molecular weight is 863 g/mol. The second-order valence-corrected chi connectivity index (χ2v) is 20.4. The Morgan fingerprint density at radius 1 is 0.618 bits per heavy atom. The maximum Gasteiger partial charge on any atom is 0.393 e. The van der Waals surface area contributed by atoms with E-state index in [2.05, 4.69) is 20.7 Å². The molecule has 0 amide bonds. The SMILES string of the molecule is OC1C2CCCCC2C2CCCCC2C1N=NC1=NC2CCCCC2S1.OC1C2CCCCC2C2CCCCC2C1N=NC1NCC(C(F)(F)F)CC1Cl.[Zn]. The quantitative estimate of drug-likeness (QED) is 0.149. The topological polar surface area (TPSA) is 114 Å². The van der Waals surface area contributed by atoms with E-state index in [9.17, 15) is 23.4 Å². The number of hydrogen-bond acceptors (Lipinski definition) is 9. The van der Waals surface area contributed by atoms with Crippen LogP contribution in [0.4, 0.5) is 13.2 Å². The van der Waals surface area contributed by atoms with Crippen molar-refractivity contribution in [3.8, 4) is 0 Å². The van der Waals surface area contributed by atoms with E-state index < -0.39 is 29.7 Å². The Morgan fingerprint density at radius 2 is 1.07 bits per heavy atom. The number of hydrogen-bond donors (Lipinski definition) is 3. The number of alkyl halides is 4. The maximum atomic E-state index is 12.9. The fourth-order valence-electron chi connectivity index (χ4n) is 13.1. The third kappa shape index (κ3) is 9.42. The van der Waals surface area contributed by atoms with Gasteiger partial charge in [-0.3, -0.25) is 10.3 Å². The third-order valence-corrected chi connectivity index (χ3v) is 17.4. The van der Waals surface area contributed by atoms with Crippen molar-refractivity contribution in [3.63, 3.8) is 0 Å². The first-order valence-electron chi connectivity index (χ1n) is 22.0. The molecule has 3 N–H and O–H groups in total. The largest absolute Gasteiger partial charge is 0.393 e. The van der Waals surface area contributed by atoms with Gasteiger partial charge in [0.2, 0.25) is 5.17 Å². The zero-order valence-corrected chi connectivity index (χ0v) is 37.2. The van der Waals surface area contributed by atoms with Gasteiger partial charge < -0.3 is 10.2 Å². The van der Waals surface area contributed by atoms with Crippen molar-refractivity contribution in [2.75, 3.05) is 6.54 Å². The Bertz CT molecular complexity index is 1370. The molecule has 8 nitrogen and oxygen atoms in total. The second-order valence-electron chi connectivity index (χ2n) is 18.6. The molecule has 0 aromatic rings. The molecule has 0 radical (unpaired) electrons. The molecule has 14 heteroatoms. The van der Waals surface area contributed by atoms with Crippen LogP contribution in [0.25, 0.3) is 0 Å². The van der Waals surface area contributed by atoms with Crippen LogP contribution < -0.4 is 5.32 Å². The zero-order chi connectivity index (χ0) is 37.4. The van der Waals surface area contributed by atoms with Gasteiger partial charge in [-0.15, -0.1) is 16.7 Å². The number of azo groups is 2. The summed E-state index contributed by atoms with van der Waals surface area (Å²) in [6.07, 6.45) is 19.1. The van der Waals surface area contributed by atoms with E-state index in [1.54, 1.807) is 0 Å². The molecule has 0 bridgehead atoms. The third-order valence-electron chi connectivity index (χ3n) is 15.7. The van der Waals surface area contributed by atoms with E-state index in [0.29, 0.717) is 40.9 Å². The minimum absolute atomic E-state index is 0. The Balaban J connectivity index is 0.000000166. The van der Waals surface area contributed by atoms with E-state index >= 15 is 0 Å². The van der Waals surface area contributed by atoms with Crippen molar-refractivity contribution in [3.05, 3.63) is 0 Å². The minimum Gasteiger partial charge on any atom is -0.391 e. The van der Waals surface area contributed by atoms with E-state index in [0.717, 1.165) is 42.7 Å². The summed E-state index contributed by atoms with van der Waals surface area (Å²) in [7, 11) is 0. The Kier molecular flexibility index (Phi) is 14.8. The minimum atomic E-state index is -4.24. The molecule has 1 saturated heterocycles. The molecule has 2 aliphatic heterocycles. The molecule has 0 spiro atoms. The van der Waals surface area contributed by atoms with Gasteiger partial charge in [0.15, 0.2) is 0 Å². The Labute approximate surface area is 348 Å². The average Bonchev–Trinajstić information content (AvgIpc) is 3.61. The fraction of sp³-hybridized carbons (Fsp3) is 0.976. The normalized spacial score (nSPS) is 47.2. The smallest absolute Gasteiger partial charge is 0.391 e. The summed E-state index contributed by atoms with van der Waals surface area (Å²) in [5.74, 6) is 2.94. The summed E-state index contributed by atoms with van der Waals surface area (Å²) in [5.41, 5.74) is 0. The predicted octanol–water partition coefficient (Wildman–Crippen LogP) is 10.1. The summed E-state index contributed by atoms with van der Waals surface area (Å²) in [4.78, 5) is 4.84. The van der Waals surface area contributed by atoms with Crippen LogP contribution in [0.1, 0.15) is 135 Å². The zero-order valence-electron chi connectivity index (χ0n) is 32.6. The monoisotopic (exact) mass is 860 g/mol. The van der Waals surface area contributed by atoms with Crippen LogP contribution in [0.15, 0.2) is 25.4 Å². The molecule has 0 aromatic carbocycles. The number of nitrogens with one attached hydrogen (secondary N) is 1. The predicted molar refractivity (Wildman–Crippen MR) is 208 cm³/mol. The van der Waals surface area contributed by atoms with Gasteiger partial charge in [0.25, 0.3) is 0 Å². The molecule has 17 unspecified atom stereocenters. The molecular formula is C41H64ClF3N6O2SZn. The molecule has 7 aliphatic carbocycles. The number of piperidine rings is 1. The molecule has 8 fully saturated rings. The maximum absolute atomic E-state index is 12.9. The van der Waals surface area contributed by atoms with Gasteiger partial charge in [-0.1, -0.05) is 76.0 Å². The van der Waals surface area contributed by atoms with Crippen molar-refractivity contribution < 1.29 is 42.9 Å². The van der Waals surface area contributed by atoms with Crippen LogP contribution in [0, 0.1) is 53.3 Å². The van der Waals surface area contributed by atoms with Gasteiger partial charge >= 0.3 is 6.18 Å². The molecule has 9 aliphatic rings. The Hall–Kier alpha value is -0.197. The van der Waals surface area contributed by atoms with Gasteiger partial charge in [0.05, 0.1) is 29.5 Å². The van der Waals surface area contributed by atoms with Crippen LogP contribution in [0.5, 0.6) is 0 Å². The molecule has 7 saturated carbocycles. The second kappa shape index (κ2) is 19.0. The van der Waals surface area contributed by atoms with Crippen LogP contribution in [-0.2, 0) is 19.5 Å². The molecule has 0 aromatic heterocycles. The number of aliphatic hydroxyl groups excluding tert-OH is 2. The van der Waals surface area contributed by atoms with Crippen molar-refractivity contribution in [2.24, 2.45) is 78.7 Å². The standard InChI is InChI=1S/C21H33N3OS.C20H31ClF3N3O.Zn/c25-20-16-10-4-2-8-14(16)13-7-1-3-9-15(13)19(20)23-24-21-22-17-11-5-6-12-18(17)26-21;21-16-9-11(20(22,23)24)10-25-19(16)27-26-17-14-7-3-1-5-12(14)13-6-2-4-8-15(13)18(17)28;/h13-20,25H,1-12H2;11-19,25,28H,1-10H2;. The first-order chi connectivity index (χ1) is 26.2. The van der Waals surface area contributed by atoms with Gasteiger partial charge in [-0.05, 0) is 118 Å². The van der Waals surface area contributed by atoms with Crippen molar-refractivity contribution in [1.82, 2.24) is 5.32 Å². The molecule has 2 heterocycles. The molecule has 306 valence electrons. The van der Waals surface area contributed by atoms with Gasteiger partial charge in [-0.2, -0.15) is 28.5 Å². The summed E-state index contributed by atoms with van der Waals surface area (Å²) in [6.45, 7) is -0.180. The van der Waals surface area contributed by atoms with E-state index in [-0.39, 0.29) is 56.5 Å². The van der Waals surface area contributed by atoms with Crippen molar-refractivity contribution in [1.29, 1.82) is 0 Å². The molecule has 9 rings (SSSR count). The number of thioether (sulfide) groups is 1. The summed E-state index contributed by atoms with van der Waals surface area (Å²) >= 11 is 8.05. The van der Waals surface area contributed by atoms with Gasteiger partial charge in [-0.25, -0.2) is 0 Å². The number of rotatable bonds is 3. The number of nitrogens with zero attached hydrogens (tertiary/aromatic N) is 5. The van der Waals surface area contributed by atoms with Gasteiger partial charge in [0.1, 0.15) is 18.2 Å². The molecule has 55 heavy (non-hydrogen) atoms. The first-order valence-corrected chi connectivity index (χ1v) is 23.3. The number of halogens is 4. The summed E-state index contributed by atoms with van der Waals surface area (Å²) in [5, 5.41) is 44.2. The number of aliphatic hydroxyl groups is 2. The van der Waals surface area contributed by atoms with E-state index in [1.807, 2.05) is 11.8 Å². The first kappa shape index (κ1) is 42.9. The van der Waals surface area contributed by atoms with Gasteiger partial charge in [0, 0.05) is 31.3 Å². The van der Waals surface area contributed by atoms with Crippen LogP contribution in [-0.4, -0.2) is 75.2 Å². The van der Waals surface area contributed by atoms with E-state index in [1.165, 1.54) is 103 Å². The molecular weight excluding hydrogens is 798 g/mol. The van der Waals surface area contributed by atoms with Crippen LogP contribution >= 0.6 is 23.4 Å². The van der Waals surface area contributed by atoms with Crippen LogP contribution in [0.2, 0.25) is 0 Å². The number of fused-ring (bicyclic) bond motifs is 7. The Morgan fingerprint density at radius 3 is 1.58 bits per heavy atom. The fourth-order valence-corrected chi connectivity index (χ4v) is 14.7. The summed E-state index contributed by atoms with van der Waals surface area (Å²) in [6, 6.07) is 0.255. The van der Waals surface area contributed by atoms with E-state index in [4.69, 9.17) is 21.7 Å². The van der Waals surface area contributed by atoms with Crippen molar-refractivity contribution >= 4 is 28.5 Å². The molecule has 17 atom stereocenters. The van der Waals surface area contributed by atoms with Crippen LogP contribution in [0.3, 0.4) is 0 Å². The van der Waals surface area contributed by atoms with Crippen molar-refractivity contribution in [2.45, 2.75) is 188 Å². The number of aliphatic imine (C=N–C) groups is 1. The summed E-state index contributed by atoms with van der Waals surface area (Å²) < 4.78 is 38.8. The number of amidine groups is 1.